The molecule has 3 heterocycles. The number of aromatic nitrogens is 4. The molecule has 0 unspecified atom stereocenters. The third kappa shape index (κ3) is 2.99. The smallest absolute Gasteiger partial charge is 0.221 e. The molecule has 4 aromatic rings. The quantitative estimate of drug-likeness (QED) is 0.620. The summed E-state index contributed by atoms with van der Waals surface area (Å²) in [5.41, 5.74) is 3.97. The van der Waals surface area contributed by atoms with Gasteiger partial charge in [0.2, 0.25) is 5.91 Å². The Morgan fingerprint density at radius 3 is 2.72 bits per heavy atom. The van der Waals surface area contributed by atoms with E-state index in [0.29, 0.717) is 23.5 Å². The van der Waals surface area contributed by atoms with Gasteiger partial charge in [-0.25, -0.2) is 15.0 Å². The van der Waals surface area contributed by atoms with Gasteiger partial charge in [-0.1, -0.05) is 12.1 Å². The Hall–Kier alpha value is -3.48. The van der Waals surface area contributed by atoms with Crippen LogP contribution in [0.1, 0.15) is 12.5 Å². The molecule has 0 aliphatic heterocycles. The van der Waals surface area contributed by atoms with Crippen LogP contribution in [-0.2, 0) is 11.3 Å². The Morgan fingerprint density at radius 2 is 2.00 bits per heavy atom. The molecule has 7 heteroatoms. The summed E-state index contributed by atoms with van der Waals surface area (Å²) in [7, 11) is 0. The van der Waals surface area contributed by atoms with Crippen LogP contribution in [0.25, 0.3) is 22.6 Å². The van der Waals surface area contributed by atoms with Crippen molar-refractivity contribution in [3.05, 3.63) is 60.9 Å². The maximum atomic E-state index is 11.1. The molecule has 0 aliphatic rings. The lowest BCUT2D eigenvalue weighted by atomic mass is 10.2. The number of carbonyl (C=O) groups excluding carboxylic acids is 1. The molecule has 0 saturated heterocycles. The molecule has 1 amide bonds. The van der Waals surface area contributed by atoms with Crippen LogP contribution in [0.5, 0.6) is 0 Å². The molecule has 0 saturated carbocycles. The van der Waals surface area contributed by atoms with E-state index in [4.69, 9.17) is 4.42 Å². The molecule has 1 aromatic carbocycles. The van der Waals surface area contributed by atoms with Crippen molar-refractivity contribution in [2.24, 2.45) is 0 Å². The summed E-state index contributed by atoms with van der Waals surface area (Å²) in [4.78, 5) is 24.2. The summed E-state index contributed by atoms with van der Waals surface area (Å²) in [6.45, 7) is 2.10. The van der Waals surface area contributed by atoms with Crippen molar-refractivity contribution in [3.8, 4) is 11.5 Å². The Morgan fingerprint density at radius 1 is 1.16 bits per heavy atom. The highest BCUT2D eigenvalue weighted by atomic mass is 16.3. The number of nitrogens with one attached hydrogen (secondary N) is 1. The summed E-state index contributed by atoms with van der Waals surface area (Å²) in [6.07, 6.45) is 4.86. The largest absolute Gasteiger partial charge is 0.463 e. The molecular weight excluding hydrogens is 318 g/mol. The van der Waals surface area contributed by atoms with Gasteiger partial charge < -0.3 is 14.3 Å². The number of hydrogen-bond acceptors (Lipinski definition) is 5. The van der Waals surface area contributed by atoms with Gasteiger partial charge in [0, 0.05) is 12.6 Å². The number of rotatable bonds is 4. The monoisotopic (exact) mass is 333 g/mol. The van der Waals surface area contributed by atoms with E-state index in [-0.39, 0.29) is 5.91 Å². The van der Waals surface area contributed by atoms with Gasteiger partial charge in [0.15, 0.2) is 11.4 Å². The Balaban J connectivity index is 1.64. The molecule has 0 spiro atoms. The first kappa shape index (κ1) is 15.1. The highest BCUT2D eigenvalue weighted by Crippen LogP contribution is 2.24. The van der Waals surface area contributed by atoms with E-state index in [0.717, 1.165) is 16.9 Å². The molecule has 3 aromatic heterocycles. The average molecular weight is 333 g/mol. The zero-order valence-corrected chi connectivity index (χ0v) is 13.5. The van der Waals surface area contributed by atoms with Crippen LogP contribution in [-0.4, -0.2) is 25.4 Å². The van der Waals surface area contributed by atoms with Crippen LogP contribution in [0.3, 0.4) is 0 Å². The lowest BCUT2D eigenvalue weighted by molar-refractivity contribution is -0.114. The number of fused-ring (bicyclic) bond motifs is 1. The van der Waals surface area contributed by atoms with Crippen LogP contribution in [0.2, 0.25) is 0 Å². The fourth-order valence-electron chi connectivity index (χ4n) is 2.68. The third-order valence-electron chi connectivity index (χ3n) is 3.78. The number of amides is 1. The van der Waals surface area contributed by atoms with Crippen molar-refractivity contribution in [2.75, 3.05) is 5.32 Å². The van der Waals surface area contributed by atoms with Gasteiger partial charge in [0.25, 0.3) is 0 Å². The second-order valence-electron chi connectivity index (χ2n) is 5.62. The van der Waals surface area contributed by atoms with Gasteiger partial charge in [-0.2, -0.15) is 0 Å². The fourth-order valence-corrected chi connectivity index (χ4v) is 2.68. The molecule has 1 N–H and O–H groups in total. The molecule has 0 aliphatic carbocycles. The second kappa shape index (κ2) is 6.20. The summed E-state index contributed by atoms with van der Waals surface area (Å²) >= 11 is 0. The molecule has 0 radical (unpaired) electrons. The van der Waals surface area contributed by atoms with E-state index < -0.39 is 0 Å². The molecule has 0 fully saturated rings. The normalized spacial score (nSPS) is 10.9. The standard InChI is InChI=1S/C18H15N5O2/c1-12(24)22-14-6-4-13(5-7-14)9-23-11-21-17-16(15-3-2-8-25-15)19-10-20-18(17)23/h2-8,10-11H,9H2,1H3,(H,22,24). The van der Waals surface area contributed by atoms with E-state index in [2.05, 4.69) is 20.3 Å². The highest BCUT2D eigenvalue weighted by Gasteiger charge is 2.13. The lowest BCUT2D eigenvalue weighted by Crippen LogP contribution is -2.06. The van der Waals surface area contributed by atoms with Gasteiger partial charge in [-0.05, 0) is 29.8 Å². The van der Waals surface area contributed by atoms with Crippen molar-refractivity contribution < 1.29 is 9.21 Å². The van der Waals surface area contributed by atoms with E-state index in [1.165, 1.54) is 13.3 Å². The van der Waals surface area contributed by atoms with Crippen molar-refractivity contribution in [3.63, 3.8) is 0 Å². The number of hydrogen-bond donors (Lipinski definition) is 1. The van der Waals surface area contributed by atoms with Gasteiger partial charge in [-0.15, -0.1) is 0 Å². The van der Waals surface area contributed by atoms with Gasteiger partial charge in [0.05, 0.1) is 19.1 Å². The molecular formula is C18H15N5O2. The van der Waals surface area contributed by atoms with Crippen molar-refractivity contribution in [1.29, 1.82) is 0 Å². The lowest BCUT2D eigenvalue weighted by Gasteiger charge is -2.06. The van der Waals surface area contributed by atoms with Gasteiger partial charge in [0.1, 0.15) is 17.5 Å². The van der Waals surface area contributed by atoms with Crippen LogP contribution < -0.4 is 5.32 Å². The number of imidazole rings is 1. The van der Waals surface area contributed by atoms with Crippen LogP contribution >= 0.6 is 0 Å². The Bertz CT molecular complexity index is 1020. The number of benzene rings is 1. The van der Waals surface area contributed by atoms with Crippen LogP contribution in [0, 0.1) is 0 Å². The van der Waals surface area contributed by atoms with Crippen molar-refractivity contribution >= 4 is 22.8 Å². The average Bonchev–Trinajstić information content (AvgIpc) is 3.26. The topological polar surface area (TPSA) is 85.8 Å². The molecule has 0 bridgehead atoms. The Kier molecular flexibility index (Phi) is 3.74. The van der Waals surface area contributed by atoms with Gasteiger partial charge >= 0.3 is 0 Å². The number of anilines is 1. The maximum absolute atomic E-state index is 11.1. The third-order valence-corrected chi connectivity index (χ3v) is 3.78. The van der Waals surface area contributed by atoms with E-state index in [1.54, 1.807) is 12.6 Å². The number of furan rings is 1. The predicted octanol–water partition coefficient (Wildman–Crippen LogP) is 3.09. The van der Waals surface area contributed by atoms with Crippen LogP contribution in [0.4, 0.5) is 5.69 Å². The van der Waals surface area contributed by atoms with Crippen molar-refractivity contribution in [2.45, 2.75) is 13.5 Å². The first-order valence-corrected chi connectivity index (χ1v) is 7.77. The van der Waals surface area contributed by atoms with E-state index in [9.17, 15) is 4.79 Å². The summed E-state index contributed by atoms with van der Waals surface area (Å²) in [5.74, 6) is 0.577. The zero-order chi connectivity index (χ0) is 17.2. The Labute approximate surface area is 143 Å². The molecule has 25 heavy (non-hydrogen) atoms. The summed E-state index contributed by atoms with van der Waals surface area (Å²) < 4.78 is 7.38. The fraction of sp³-hybridized carbons (Fsp3) is 0.111. The minimum absolute atomic E-state index is 0.0875. The van der Waals surface area contributed by atoms with Gasteiger partial charge in [-0.3, -0.25) is 4.79 Å². The summed E-state index contributed by atoms with van der Waals surface area (Å²) in [6, 6.07) is 11.3. The van der Waals surface area contributed by atoms with E-state index >= 15 is 0 Å². The van der Waals surface area contributed by atoms with Crippen molar-refractivity contribution in [1.82, 2.24) is 19.5 Å². The summed E-state index contributed by atoms with van der Waals surface area (Å²) in [5, 5.41) is 2.75. The molecule has 4 rings (SSSR count). The predicted molar refractivity (Wildman–Crippen MR) is 92.9 cm³/mol. The SMILES string of the molecule is CC(=O)Nc1ccc(Cn2cnc3c(-c4ccco4)ncnc32)cc1. The van der Waals surface area contributed by atoms with Crippen LogP contribution in [0.15, 0.2) is 59.7 Å². The highest BCUT2D eigenvalue weighted by molar-refractivity contribution is 5.88. The maximum Gasteiger partial charge on any atom is 0.221 e. The minimum Gasteiger partial charge on any atom is -0.463 e. The first-order chi connectivity index (χ1) is 12.2. The number of nitrogens with zero attached hydrogens (tertiary/aromatic N) is 4. The molecule has 7 nitrogen and oxygen atoms in total. The second-order valence-corrected chi connectivity index (χ2v) is 5.62. The first-order valence-electron chi connectivity index (χ1n) is 7.77. The zero-order valence-electron chi connectivity index (χ0n) is 13.5. The number of carbonyl (C=O) groups is 1. The minimum atomic E-state index is -0.0875. The molecule has 124 valence electrons. The molecule has 0 atom stereocenters. The van der Waals surface area contributed by atoms with E-state index in [1.807, 2.05) is 41.0 Å².